The molecule has 0 amide bonds. The van der Waals surface area contributed by atoms with Crippen LogP contribution in [0, 0.1) is 0 Å². The van der Waals surface area contributed by atoms with E-state index in [2.05, 4.69) is 3.53 Å². The number of hydrogen-bond donors (Lipinski definition) is 2. The Balaban J connectivity index is 2.75. The molecule has 0 aliphatic carbocycles. The molecule has 6 heavy (non-hydrogen) atoms. The molecule has 0 aromatic rings. The minimum Gasteiger partial charge on any atom is -0.307 e. The summed E-state index contributed by atoms with van der Waals surface area (Å²) < 4.78 is 2.83. The van der Waals surface area contributed by atoms with Crippen molar-refractivity contribution in [1.82, 2.24) is 3.53 Å². The topological polar surface area (TPSA) is 38.0 Å². The third kappa shape index (κ3) is 3.20. The first kappa shape index (κ1) is 7.00. The van der Waals surface area contributed by atoms with Gasteiger partial charge < -0.3 is 5.73 Å². The van der Waals surface area contributed by atoms with E-state index in [1.807, 2.05) is 29.1 Å². The van der Waals surface area contributed by atoms with Gasteiger partial charge in [-0.05, 0) is 6.26 Å². The maximum absolute atomic E-state index is 5.32. The first-order valence-corrected chi connectivity index (χ1v) is 3.82. The van der Waals surface area contributed by atoms with Crippen LogP contribution in [-0.2, 0) is 0 Å². The average molecular weight is 218 g/mol. The molecule has 3 N–H and O–H groups in total. The van der Waals surface area contributed by atoms with Crippen molar-refractivity contribution in [3.63, 3.8) is 0 Å². The van der Waals surface area contributed by atoms with Crippen molar-refractivity contribution in [2.24, 2.45) is 5.73 Å². The molecule has 0 radical (unpaired) electrons. The standard InChI is InChI=1S/C2H7IN2S/c1-6-2(4)5-3/h2,5H,4H2,1H3. The van der Waals surface area contributed by atoms with E-state index in [4.69, 9.17) is 5.73 Å². The second kappa shape index (κ2) is 4.17. The van der Waals surface area contributed by atoms with Gasteiger partial charge in [0.2, 0.25) is 0 Å². The number of thioether (sulfide) groups is 1. The third-order valence-electron chi connectivity index (χ3n) is 0.361. The van der Waals surface area contributed by atoms with E-state index in [9.17, 15) is 0 Å². The zero-order chi connectivity index (χ0) is 4.99. The minimum atomic E-state index is 0.0885. The fourth-order valence-corrected chi connectivity index (χ4v) is 0.896. The van der Waals surface area contributed by atoms with E-state index >= 15 is 0 Å². The van der Waals surface area contributed by atoms with E-state index in [-0.39, 0.29) is 5.50 Å². The molecule has 0 aromatic heterocycles. The molecule has 38 valence electrons. The van der Waals surface area contributed by atoms with Crippen LogP contribution in [0.5, 0.6) is 0 Å². The summed E-state index contributed by atoms with van der Waals surface area (Å²) in [5, 5.41) is 0. The predicted molar refractivity (Wildman–Crippen MR) is 38.6 cm³/mol. The molecule has 1 unspecified atom stereocenters. The van der Waals surface area contributed by atoms with Gasteiger partial charge in [0.1, 0.15) is 5.50 Å². The lowest BCUT2D eigenvalue weighted by molar-refractivity contribution is 0.943. The maximum atomic E-state index is 5.32. The summed E-state index contributed by atoms with van der Waals surface area (Å²) in [6.07, 6.45) is 1.95. The van der Waals surface area contributed by atoms with Gasteiger partial charge in [0, 0.05) is 22.9 Å². The highest BCUT2D eigenvalue weighted by Gasteiger charge is 1.88. The molecule has 0 bridgehead atoms. The van der Waals surface area contributed by atoms with E-state index in [0.717, 1.165) is 0 Å². The van der Waals surface area contributed by atoms with Crippen molar-refractivity contribution in [3.8, 4) is 0 Å². The largest absolute Gasteiger partial charge is 0.307 e. The molecular weight excluding hydrogens is 211 g/mol. The van der Waals surface area contributed by atoms with Crippen molar-refractivity contribution >= 4 is 34.6 Å². The van der Waals surface area contributed by atoms with Gasteiger partial charge in [0.05, 0.1) is 0 Å². The van der Waals surface area contributed by atoms with Crippen molar-refractivity contribution in [2.45, 2.75) is 5.50 Å². The molecule has 0 saturated heterocycles. The number of hydrogen-bond acceptors (Lipinski definition) is 3. The van der Waals surface area contributed by atoms with E-state index in [1.54, 1.807) is 11.8 Å². The SMILES string of the molecule is CSC(N)NI. The summed E-state index contributed by atoms with van der Waals surface area (Å²) in [5.41, 5.74) is 5.41. The number of nitrogens with one attached hydrogen (secondary N) is 1. The third-order valence-corrected chi connectivity index (χ3v) is 2.08. The quantitative estimate of drug-likeness (QED) is 0.403. The minimum absolute atomic E-state index is 0.0885. The Kier molecular flexibility index (Phi) is 4.86. The van der Waals surface area contributed by atoms with Crippen molar-refractivity contribution in [3.05, 3.63) is 0 Å². The zero-order valence-electron chi connectivity index (χ0n) is 3.44. The van der Waals surface area contributed by atoms with Gasteiger partial charge in [-0.15, -0.1) is 11.8 Å². The van der Waals surface area contributed by atoms with Crippen LogP contribution in [0.25, 0.3) is 0 Å². The molecule has 0 rings (SSSR count). The van der Waals surface area contributed by atoms with Gasteiger partial charge in [-0.1, -0.05) is 0 Å². The molecule has 0 saturated carbocycles. The van der Waals surface area contributed by atoms with Crippen LogP contribution in [-0.4, -0.2) is 11.8 Å². The van der Waals surface area contributed by atoms with Gasteiger partial charge in [0.15, 0.2) is 0 Å². The normalized spacial score (nSPS) is 14.5. The summed E-state index contributed by atoms with van der Waals surface area (Å²) in [7, 11) is 0. The first-order chi connectivity index (χ1) is 2.81. The Bertz CT molecular complexity index is 30.7. The van der Waals surface area contributed by atoms with Crippen LogP contribution < -0.4 is 9.26 Å². The molecule has 1 atom stereocenters. The number of rotatable bonds is 2. The van der Waals surface area contributed by atoms with Crippen LogP contribution >= 0.6 is 34.6 Å². The Morgan fingerprint density at radius 2 is 2.50 bits per heavy atom. The predicted octanol–water partition coefficient (Wildman–Crippen LogP) is 0.531. The first-order valence-electron chi connectivity index (χ1n) is 1.45. The lowest BCUT2D eigenvalue weighted by Gasteiger charge is -2.00. The van der Waals surface area contributed by atoms with Crippen LogP contribution in [0.1, 0.15) is 0 Å². The van der Waals surface area contributed by atoms with Crippen LogP contribution in [0.15, 0.2) is 0 Å². The molecule has 4 heteroatoms. The molecular formula is C2H7IN2S. The van der Waals surface area contributed by atoms with E-state index in [0.29, 0.717) is 0 Å². The fourth-order valence-electron chi connectivity index (χ4n) is 0.0445. The molecule has 0 fully saturated rings. The Hall–Kier alpha value is 1.00. The van der Waals surface area contributed by atoms with Crippen LogP contribution in [0.4, 0.5) is 0 Å². The highest BCUT2D eigenvalue weighted by molar-refractivity contribution is 14.1. The van der Waals surface area contributed by atoms with Gasteiger partial charge in [-0.2, -0.15) is 0 Å². The zero-order valence-corrected chi connectivity index (χ0v) is 6.41. The van der Waals surface area contributed by atoms with Crippen LogP contribution in [0.3, 0.4) is 0 Å². The number of nitrogens with two attached hydrogens (primary N) is 1. The smallest absolute Gasteiger partial charge is 0.111 e. The maximum Gasteiger partial charge on any atom is 0.111 e. The summed E-state index contributed by atoms with van der Waals surface area (Å²) in [5.74, 6) is 0. The Morgan fingerprint density at radius 1 is 2.00 bits per heavy atom. The second-order valence-corrected chi connectivity index (χ2v) is 2.37. The van der Waals surface area contributed by atoms with Crippen molar-refractivity contribution in [1.29, 1.82) is 0 Å². The average Bonchev–Trinajstić information content (AvgIpc) is 1.65. The summed E-state index contributed by atoms with van der Waals surface area (Å²) in [4.78, 5) is 0. The summed E-state index contributed by atoms with van der Waals surface area (Å²) >= 11 is 3.60. The van der Waals surface area contributed by atoms with Crippen molar-refractivity contribution < 1.29 is 0 Å². The van der Waals surface area contributed by atoms with Crippen molar-refractivity contribution in [2.75, 3.05) is 6.26 Å². The Labute approximate surface area is 55.7 Å². The molecule has 0 spiro atoms. The summed E-state index contributed by atoms with van der Waals surface area (Å²) in [6, 6.07) is 0. The van der Waals surface area contributed by atoms with Crippen LogP contribution in [0.2, 0.25) is 0 Å². The lowest BCUT2D eigenvalue weighted by Crippen LogP contribution is -2.25. The fraction of sp³-hybridized carbons (Fsp3) is 1.00. The molecule has 0 aliphatic heterocycles. The van der Waals surface area contributed by atoms with Gasteiger partial charge in [-0.3, -0.25) is 0 Å². The van der Waals surface area contributed by atoms with E-state index in [1.165, 1.54) is 0 Å². The lowest BCUT2D eigenvalue weighted by atomic mass is 11.2. The highest BCUT2D eigenvalue weighted by Crippen LogP contribution is 1.94. The van der Waals surface area contributed by atoms with E-state index < -0.39 is 0 Å². The monoisotopic (exact) mass is 218 g/mol. The molecule has 0 aromatic carbocycles. The molecule has 0 aliphatic rings. The Morgan fingerprint density at radius 3 is 2.50 bits per heavy atom. The highest BCUT2D eigenvalue weighted by atomic mass is 127. The van der Waals surface area contributed by atoms with Gasteiger partial charge in [0.25, 0.3) is 0 Å². The van der Waals surface area contributed by atoms with Gasteiger partial charge in [-0.25, -0.2) is 3.53 Å². The summed E-state index contributed by atoms with van der Waals surface area (Å²) in [6.45, 7) is 0. The second-order valence-electron chi connectivity index (χ2n) is 0.765. The number of halogens is 1. The van der Waals surface area contributed by atoms with Gasteiger partial charge >= 0.3 is 0 Å². The molecule has 2 nitrogen and oxygen atoms in total. The molecule has 0 heterocycles.